The normalized spacial score (nSPS) is 12.1. The summed E-state index contributed by atoms with van der Waals surface area (Å²) in [6.07, 6.45) is 1.04. The fraction of sp³-hybridized carbons (Fsp3) is 0.364. The van der Waals surface area contributed by atoms with E-state index < -0.39 is 0 Å². The Kier molecular flexibility index (Phi) is 4.13. The minimum Gasteiger partial charge on any atom is -0.497 e. The van der Waals surface area contributed by atoms with Crippen molar-refractivity contribution in [2.75, 3.05) is 14.2 Å². The summed E-state index contributed by atoms with van der Waals surface area (Å²) in [4.78, 5) is 10.4. The summed E-state index contributed by atoms with van der Waals surface area (Å²) >= 11 is 0. The molecule has 0 heterocycles. The molecule has 0 N–H and O–H groups in total. The molecule has 1 atom stereocenters. The van der Waals surface area contributed by atoms with E-state index in [4.69, 9.17) is 9.47 Å². The number of carbonyl (C=O) groups is 1. The molecule has 1 aromatic rings. The van der Waals surface area contributed by atoms with Crippen molar-refractivity contribution in [2.45, 2.75) is 12.5 Å². The molecule has 3 nitrogen and oxygen atoms in total. The molecular weight excluding hydrogens is 180 g/mol. The summed E-state index contributed by atoms with van der Waals surface area (Å²) in [6, 6.07) is 7.53. The Balaban J connectivity index is 2.85. The van der Waals surface area contributed by atoms with Crippen LogP contribution in [-0.2, 0) is 9.53 Å². The standard InChI is InChI=1S/C11H14O3/c1-13-10-5-3-4-9(8-10)11(14-2)6-7-12/h3-5,7-8,11H,6H2,1-2H3. The maximum atomic E-state index is 10.4. The van der Waals surface area contributed by atoms with Gasteiger partial charge in [0.25, 0.3) is 0 Å². The summed E-state index contributed by atoms with van der Waals surface area (Å²) in [5.41, 5.74) is 0.957. The Labute approximate surface area is 83.6 Å². The van der Waals surface area contributed by atoms with Crippen LogP contribution in [0.4, 0.5) is 0 Å². The number of methoxy groups -OCH3 is 2. The van der Waals surface area contributed by atoms with Gasteiger partial charge in [0.2, 0.25) is 0 Å². The van der Waals surface area contributed by atoms with Gasteiger partial charge in [-0.3, -0.25) is 0 Å². The van der Waals surface area contributed by atoms with Crippen LogP contribution in [0.1, 0.15) is 18.1 Å². The van der Waals surface area contributed by atoms with Gasteiger partial charge in [0.1, 0.15) is 12.0 Å². The van der Waals surface area contributed by atoms with E-state index in [1.165, 1.54) is 0 Å². The molecule has 0 bridgehead atoms. The van der Waals surface area contributed by atoms with E-state index in [9.17, 15) is 4.79 Å². The Morgan fingerprint density at radius 1 is 1.43 bits per heavy atom. The van der Waals surface area contributed by atoms with Crippen LogP contribution < -0.4 is 4.74 Å². The average molecular weight is 194 g/mol. The monoisotopic (exact) mass is 194 g/mol. The van der Waals surface area contributed by atoms with E-state index >= 15 is 0 Å². The second-order valence-electron chi connectivity index (χ2n) is 2.90. The summed E-state index contributed by atoms with van der Waals surface area (Å²) in [5.74, 6) is 0.774. The molecule has 0 fully saturated rings. The largest absolute Gasteiger partial charge is 0.497 e. The molecule has 0 amide bonds. The third-order valence-electron chi connectivity index (χ3n) is 2.06. The van der Waals surface area contributed by atoms with Gasteiger partial charge in [-0.25, -0.2) is 0 Å². The van der Waals surface area contributed by atoms with Crippen LogP contribution in [0.3, 0.4) is 0 Å². The number of rotatable bonds is 5. The Morgan fingerprint density at radius 2 is 2.21 bits per heavy atom. The molecule has 0 radical (unpaired) electrons. The highest BCUT2D eigenvalue weighted by atomic mass is 16.5. The minimum atomic E-state index is -0.178. The molecular formula is C11H14O3. The van der Waals surface area contributed by atoms with Crippen molar-refractivity contribution in [3.8, 4) is 5.75 Å². The zero-order chi connectivity index (χ0) is 10.4. The average Bonchev–Trinajstić information content (AvgIpc) is 2.26. The van der Waals surface area contributed by atoms with Gasteiger partial charge >= 0.3 is 0 Å². The van der Waals surface area contributed by atoms with Gasteiger partial charge in [-0.2, -0.15) is 0 Å². The summed E-state index contributed by atoms with van der Waals surface area (Å²) in [7, 11) is 3.20. The number of hydrogen-bond donors (Lipinski definition) is 0. The molecule has 1 aromatic carbocycles. The van der Waals surface area contributed by atoms with Crippen molar-refractivity contribution in [3.05, 3.63) is 29.8 Å². The van der Waals surface area contributed by atoms with Crippen molar-refractivity contribution < 1.29 is 14.3 Å². The quantitative estimate of drug-likeness (QED) is 0.672. The van der Waals surface area contributed by atoms with Crippen LogP contribution in [-0.4, -0.2) is 20.5 Å². The first-order valence-electron chi connectivity index (χ1n) is 4.42. The zero-order valence-corrected chi connectivity index (χ0v) is 8.40. The van der Waals surface area contributed by atoms with Gasteiger partial charge in [0.05, 0.1) is 13.2 Å². The summed E-state index contributed by atoms with van der Waals surface area (Å²) in [5, 5.41) is 0. The topological polar surface area (TPSA) is 35.5 Å². The molecule has 0 saturated heterocycles. The fourth-order valence-corrected chi connectivity index (χ4v) is 1.30. The second kappa shape index (κ2) is 5.40. The first kappa shape index (κ1) is 10.7. The third kappa shape index (κ3) is 2.57. The molecule has 1 unspecified atom stereocenters. The van der Waals surface area contributed by atoms with Gasteiger partial charge in [-0.15, -0.1) is 0 Å². The lowest BCUT2D eigenvalue weighted by molar-refractivity contribution is -0.110. The van der Waals surface area contributed by atoms with Crippen LogP contribution >= 0.6 is 0 Å². The van der Waals surface area contributed by atoms with Gasteiger partial charge in [0.15, 0.2) is 0 Å². The first-order valence-corrected chi connectivity index (χ1v) is 4.42. The van der Waals surface area contributed by atoms with Crippen LogP contribution in [0.2, 0.25) is 0 Å². The number of hydrogen-bond acceptors (Lipinski definition) is 3. The van der Waals surface area contributed by atoms with Crippen molar-refractivity contribution in [1.29, 1.82) is 0 Å². The lowest BCUT2D eigenvalue weighted by Gasteiger charge is -2.13. The van der Waals surface area contributed by atoms with Gasteiger partial charge in [0, 0.05) is 13.5 Å². The molecule has 76 valence electrons. The number of benzene rings is 1. The first-order chi connectivity index (χ1) is 6.81. The van der Waals surface area contributed by atoms with Crippen molar-refractivity contribution in [2.24, 2.45) is 0 Å². The highest BCUT2D eigenvalue weighted by Gasteiger charge is 2.09. The molecule has 0 saturated carbocycles. The van der Waals surface area contributed by atoms with E-state index in [2.05, 4.69) is 0 Å². The van der Waals surface area contributed by atoms with Gasteiger partial charge in [-0.05, 0) is 17.7 Å². The summed E-state index contributed by atoms with van der Waals surface area (Å²) in [6.45, 7) is 0. The molecule has 0 aromatic heterocycles. The number of aldehydes is 1. The van der Waals surface area contributed by atoms with Crippen molar-refractivity contribution in [1.82, 2.24) is 0 Å². The van der Waals surface area contributed by atoms with E-state index in [0.29, 0.717) is 6.42 Å². The molecule has 0 aliphatic rings. The zero-order valence-electron chi connectivity index (χ0n) is 8.40. The van der Waals surface area contributed by atoms with E-state index in [-0.39, 0.29) is 6.10 Å². The molecule has 0 spiro atoms. The minimum absolute atomic E-state index is 0.178. The molecule has 0 aliphatic carbocycles. The van der Waals surface area contributed by atoms with E-state index in [0.717, 1.165) is 17.6 Å². The van der Waals surface area contributed by atoms with Crippen LogP contribution in [0.25, 0.3) is 0 Å². The van der Waals surface area contributed by atoms with Crippen molar-refractivity contribution >= 4 is 6.29 Å². The lowest BCUT2D eigenvalue weighted by Crippen LogP contribution is -2.02. The highest BCUT2D eigenvalue weighted by Crippen LogP contribution is 2.23. The van der Waals surface area contributed by atoms with Crippen LogP contribution in [0, 0.1) is 0 Å². The van der Waals surface area contributed by atoms with Crippen molar-refractivity contribution in [3.63, 3.8) is 0 Å². The van der Waals surface area contributed by atoms with E-state index in [1.807, 2.05) is 24.3 Å². The predicted molar refractivity (Wildman–Crippen MR) is 53.4 cm³/mol. The van der Waals surface area contributed by atoms with Gasteiger partial charge in [-0.1, -0.05) is 12.1 Å². The van der Waals surface area contributed by atoms with Crippen LogP contribution in [0.5, 0.6) is 5.75 Å². The maximum absolute atomic E-state index is 10.4. The molecule has 3 heteroatoms. The Hall–Kier alpha value is -1.35. The second-order valence-corrected chi connectivity index (χ2v) is 2.90. The lowest BCUT2D eigenvalue weighted by atomic mass is 10.1. The fourth-order valence-electron chi connectivity index (χ4n) is 1.30. The SMILES string of the molecule is COc1cccc(C(CC=O)OC)c1. The smallest absolute Gasteiger partial charge is 0.122 e. The Bertz CT molecular complexity index is 296. The molecule has 0 aliphatic heterocycles. The molecule has 14 heavy (non-hydrogen) atoms. The highest BCUT2D eigenvalue weighted by molar-refractivity contribution is 5.51. The predicted octanol–water partition coefficient (Wildman–Crippen LogP) is 1.97. The third-order valence-corrected chi connectivity index (χ3v) is 2.06. The van der Waals surface area contributed by atoms with Crippen LogP contribution in [0.15, 0.2) is 24.3 Å². The molecule has 1 rings (SSSR count). The van der Waals surface area contributed by atoms with Gasteiger partial charge < -0.3 is 14.3 Å². The Morgan fingerprint density at radius 3 is 2.79 bits per heavy atom. The number of ether oxygens (including phenoxy) is 2. The maximum Gasteiger partial charge on any atom is 0.122 e. The summed E-state index contributed by atoms with van der Waals surface area (Å²) < 4.78 is 10.3. The number of carbonyl (C=O) groups excluding carboxylic acids is 1. The van der Waals surface area contributed by atoms with E-state index in [1.54, 1.807) is 14.2 Å².